The largest absolute Gasteiger partial charge is 0.497 e. The highest BCUT2D eigenvalue weighted by Crippen LogP contribution is 2.37. The first-order valence-electron chi connectivity index (χ1n) is 10.0. The molecule has 152 valence electrons. The van der Waals surface area contributed by atoms with Crippen LogP contribution in [0.25, 0.3) is 22.2 Å². The number of benzene rings is 3. The number of fused-ring (bicyclic) bond motifs is 1. The molecule has 4 aromatic rings. The lowest BCUT2D eigenvalue weighted by molar-refractivity contribution is -0.115. The molecule has 0 atom stereocenters. The SMILES string of the molecule is CCn1c(-c2ccc(NC(=O)Cc3ccccc3)cc2)c(N)c2ccc(OC)cc21. The van der Waals surface area contributed by atoms with Crippen LogP contribution in [-0.2, 0) is 17.8 Å². The number of rotatable bonds is 6. The van der Waals surface area contributed by atoms with Gasteiger partial charge in [-0.1, -0.05) is 42.5 Å². The lowest BCUT2D eigenvalue weighted by Gasteiger charge is -2.11. The van der Waals surface area contributed by atoms with Crippen molar-refractivity contribution in [3.05, 3.63) is 78.4 Å². The minimum Gasteiger partial charge on any atom is -0.497 e. The Morgan fingerprint density at radius 2 is 1.77 bits per heavy atom. The summed E-state index contributed by atoms with van der Waals surface area (Å²) < 4.78 is 7.57. The third-order valence-electron chi connectivity index (χ3n) is 5.28. The Hall–Kier alpha value is -3.73. The maximum absolute atomic E-state index is 12.3. The molecule has 0 aliphatic heterocycles. The molecule has 5 heteroatoms. The lowest BCUT2D eigenvalue weighted by atomic mass is 10.1. The van der Waals surface area contributed by atoms with Crippen molar-refractivity contribution in [2.45, 2.75) is 19.9 Å². The van der Waals surface area contributed by atoms with Crippen LogP contribution in [0.2, 0.25) is 0 Å². The fraction of sp³-hybridized carbons (Fsp3) is 0.160. The minimum absolute atomic E-state index is 0.0387. The summed E-state index contributed by atoms with van der Waals surface area (Å²) in [5.74, 6) is 0.765. The van der Waals surface area contributed by atoms with Crippen LogP contribution in [0.1, 0.15) is 12.5 Å². The number of nitrogen functional groups attached to an aromatic ring is 1. The number of methoxy groups -OCH3 is 1. The van der Waals surface area contributed by atoms with Gasteiger partial charge in [0.25, 0.3) is 0 Å². The number of hydrogen-bond donors (Lipinski definition) is 2. The van der Waals surface area contributed by atoms with Gasteiger partial charge in [0.2, 0.25) is 5.91 Å². The molecule has 30 heavy (non-hydrogen) atoms. The number of hydrogen-bond acceptors (Lipinski definition) is 3. The molecule has 0 aliphatic carbocycles. The molecule has 0 fully saturated rings. The highest BCUT2D eigenvalue weighted by Gasteiger charge is 2.16. The van der Waals surface area contributed by atoms with E-state index in [0.717, 1.165) is 51.4 Å². The summed E-state index contributed by atoms with van der Waals surface area (Å²) in [6, 6.07) is 23.5. The predicted octanol–water partition coefficient (Wildman–Crippen LogP) is 5.10. The molecular formula is C25H25N3O2. The fourth-order valence-electron chi connectivity index (χ4n) is 3.82. The van der Waals surface area contributed by atoms with Gasteiger partial charge in [-0.3, -0.25) is 4.79 Å². The first-order valence-corrected chi connectivity index (χ1v) is 10.0. The summed E-state index contributed by atoms with van der Waals surface area (Å²) in [5.41, 5.74) is 12.0. The lowest BCUT2D eigenvalue weighted by Crippen LogP contribution is -2.14. The number of aromatic nitrogens is 1. The topological polar surface area (TPSA) is 69.3 Å². The van der Waals surface area contributed by atoms with Gasteiger partial charge in [0, 0.05) is 29.2 Å². The number of aryl methyl sites for hydroxylation is 1. The molecule has 3 aromatic carbocycles. The quantitative estimate of drug-likeness (QED) is 0.474. The Morgan fingerprint density at radius 3 is 2.43 bits per heavy atom. The molecule has 1 amide bonds. The van der Waals surface area contributed by atoms with Crippen molar-refractivity contribution in [3.8, 4) is 17.0 Å². The van der Waals surface area contributed by atoms with Crippen LogP contribution in [0.5, 0.6) is 5.75 Å². The Balaban J connectivity index is 1.60. The second-order valence-electron chi connectivity index (χ2n) is 7.18. The number of ether oxygens (including phenoxy) is 1. The van der Waals surface area contributed by atoms with Gasteiger partial charge in [-0.15, -0.1) is 0 Å². The summed E-state index contributed by atoms with van der Waals surface area (Å²) in [4.78, 5) is 12.3. The number of carbonyl (C=O) groups excluding carboxylic acids is 1. The van der Waals surface area contributed by atoms with Gasteiger partial charge >= 0.3 is 0 Å². The molecule has 0 spiro atoms. The molecular weight excluding hydrogens is 374 g/mol. The molecule has 4 rings (SSSR count). The van der Waals surface area contributed by atoms with Gasteiger partial charge in [0.05, 0.1) is 30.4 Å². The van der Waals surface area contributed by atoms with Gasteiger partial charge < -0.3 is 20.4 Å². The van der Waals surface area contributed by atoms with Crippen LogP contribution >= 0.6 is 0 Å². The summed E-state index contributed by atoms with van der Waals surface area (Å²) >= 11 is 0. The Morgan fingerprint density at radius 1 is 1.03 bits per heavy atom. The van der Waals surface area contributed by atoms with Crippen molar-refractivity contribution in [1.29, 1.82) is 0 Å². The standard InChI is InChI=1S/C25H25N3O2/c1-3-28-22-16-20(30-2)13-14-21(22)24(26)25(28)18-9-11-19(12-10-18)27-23(29)15-17-7-5-4-6-8-17/h4-14,16H,3,15,26H2,1-2H3,(H,27,29). The van der Waals surface area contributed by atoms with E-state index in [1.807, 2.05) is 72.8 Å². The van der Waals surface area contributed by atoms with E-state index < -0.39 is 0 Å². The average Bonchev–Trinajstić information content (AvgIpc) is 3.06. The normalized spacial score (nSPS) is 10.9. The third kappa shape index (κ3) is 3.74. The van der Waals surface area contributed by atoms with Crippen LogP contribution in [0.15, 0.2) is 72.8 Å². The Kier molecular flexibility index (Phi) is 5.44. The summed E-state index contributed by atoms with van der Waals surface area (Å²) in [6.45, 7) is 2.88. The zero-order valence-electron chi connectivity index (χ0n) is 17.2. The van der Waals surface area contributed by atoms with E-state index in [0.29, 0.717) is 6.42 Å². The van der Waals surface area contributed by atoms with Crippen molar-refractivity contribution in [2.75, 3.05) is 18.2 Å². The molecule has 1 heterocycles. The fourth-order valence-corrected chi connectivity index (χ4v) is 3.82. The van der Waals surface area contributed by atoms with E-state index in [9.17, 15) is 4.79 Å². The molecule has 3 N–H and O–H groups in total. The predicted molar refractivity (Wildman–Crippen MR) is 123 cm³/mol. The molecule has 0 radical (unpaired) electrons. The molecule has 0 unspecified atom stereocenters. The van der Waals surface area contributed by atoms with Crippen LogP contribution in [0, 0.1) is 0 Å². The van der Waals surface area contributed by atoms with Crippen molar-refractivity contribution in [3.63, 3.8) is 0 Å². The first-order chi connectivity index (χ1) is 14.6. The van der Waals surface area contributed by atoms with Crippen molar-refractivity contribution in [2.24, 2.45) is 0 Å². The van der Waals surface area contributed by atoms with E-state index in [4.69, 9.17) is 10.5 Å². The van der Waals surface area contributed by atoms with Gasteiger partial charge in [0.15, 0.2) is 0 Å². The molecule has 0 saturated heterocycles. The third-order valence-corrected chi connectivity index (χ3v) is 5.28. The van der Waals surface area contributed by atoms with Gasteiger partial charge in [0.1, 0.15) is 5.75 Å². The van der Waals surface area contributed by atoms with Gasteiger partial charge in [-0.25, -0.2) is 0 Å². The smallest absolute Gasteiger partial charge is 0.228 e. The maximum atomic E-state index is 12.3. The summed E-state index contributed by atoms with van der Waals surface area (Å²) in [7, 11) is 1.66. The van der Waals surface area contributed by atoms with Crippen LogP contribution < -0.4 is 15.8 Å². The summed E-state index contributed by atoms with van der Waals surface area (Å²) in [6.07, 6.45) is 0.349. The second kappa shape index (κ2) is 8.33. The number of amides is 1. The molecule has 1 aromatic heterocycles. The van der Waals surface area contributed by atoms with E-state index in [-0.39, 0.29) is 5.91 Å². The van der Waals surface area contributed by atoms with Crippen molar-refractivity contribution in [1.82, 2.24) is 4.57 Å². The molecule has 5 nitrogen and oxygen atoms in total. The summed E-state index contributed by atoms with van der Waals surface area (Å²) in [5, 5.41) is 3.97. The number of carbonyl (C=O) groups is 1. The highest BCUT2D eigenvalue weighted by molar-refractivity contribution is 6.01. The van der Waals surface area contributed by atoms with Crippen LogP contribution in [0.4, 0.5) is 11.4 Å². The van der Waals surface area contributed by atoms with Crippen molar-refractivity contribution >= 4 is 28.2 Å². The van der Waals surface area contributed by atoms with E-state index in [2.05, 4.69) is 16.8 Å². The zero-order valence-corrected chi connectivity index (χ0v) is 17.2. The minimum atomic E-state index is -0.0387. The van der Waals surface area contributed by atoms with E-state index >= 15 is 0 Å². The van der Waals surface area contributed by atoms with Crippen LogP contribution in [0.3, 0.4) is 0 Å². The van der Waals surface area contributed by atoms with E-state index in [1.165, 1.54) is 0 Å². The Bertz CT molecular complexity index is 1180. The number of anilines is 2. The van der Waals surface area contributed by atoms with Gasteiger partial charge in [-0.2, -0.15) is 0 Å². The first kappa shape index (κ1) is 19.6. The Labute approximate surface area is 176 Å². The van der Waals surface area contributed by atoms with E-state index in [1.54, 1.807) is 7.11 Å². The van der Waals surface area contributed by atoms with Crippen molar-refractivity contribution < 1.29 is 9.53 Å². The molecule has 0 saturated carbocycles. The molecule has 0 aliphatic rings. The number of nitrogens with zero attached hydrogens (tertiary/aromatic N) is 1. The highest BCUT2D eigenvalue weighted by atomic mass is 16.5. The molecule has 0 bridgehead atoms. The van der Waals surface area contributed by atoms with Crippen LogP contribution in [-0.4, -0.2) is 17.6 Å². The van der Waals surface area contributed by atoms with Gasteiger partial charge in [-0.05, 0) is 36.8 Å². The maximum Gasteiger partial charge on any atom is 0.228 e. The number of nitrogens with one attached hydrogen (secondary N) is 1. The monoisotopic (exact) mass is 399 g/mol. The average molecular weight is 399 g/mol. The number of nitrogens with two attached hydrogens (primary N) is 1. The second-order valence-corrected chi connectivity index (χ2v) is 7.18. The zero-order chi connectivity index (χ0) is 21.1.